The second kappa shape index (κ2) is 10.5. The molecule has 0 radical (unpaired) electrons. The molecule has 0 bridgehead atoms. The summed E-state index contributed by atoms with van der Waals surface area (Å²) >= 11 is 0. The van der Waals surface area contributed by atoms with Gasteiger partial charge in [-0.15, -0.1) is 0 Å². The van der Waals surface area contributed by atoms with Gasteiger partial charge in [-0.2, -0.15) is 18.3 Å². The van der Waals surface area contributed by atoms with Gasteiger partial charge in [-0.05, 0) is 55.8 Å². The molecule has 1 unspecified atom stereocenters. The minimum atomic E-state index is -4.75. The Bertz CT molecular complexity index is 1540. The fraction of sp³-hybridized carbons (Fsp3) is 0.321. The number of halogens is 5. The SMILES string of the molecule is COc1ccc(-c2nc3c(C(=O)N4CCN(C(C)c5cc(F)cc(F)c5)CC4)cnn3c(C(F)(F)F)c2C)cc1. The van der Waals surface area contributed by atoms with Crippen LogP contribution in [0.15, 0.2) is 48.7 Å². The van der Waals surface area contributed by atoms with Gasteiger partial charge in [-0.1, -0.05) is 0 Å². The van der Waals surface area contributed by atoms with Crippen LogP contribution in [0.1, 0.15) is 40.1 Å². The molecule has 0 N–H and O–H groups in total. The van der Waals surface area contributed by atoms with Crippen LogP contribution < -0.4 is 4.74 Å². The number of amides is 1. The van der Waals surface area contributed by atoms with Crippen molar-refractivity contribution < 1.29 is 31.5 Å². The molecule has 4 aromatic rings. The second-order valence-corrected chi connectivity index (χ2v) is 9.66. The van der Waals surface area contributed by atoms with E-state index < -0.39 is 29.4 Å². The number of benzene rings is 2. The Hall–Kier alpha value is -4.06. The van der Waals surface area contributed by atoms with Crippen LogP contribution in [0.3, 0.4) is 0 Å². The molecule has 1 amide bonds. The predicted molar refractivity (Wildman–Crippen MR) is 137 cm³/mol. The Balaban J connectivity index is 1.44. The number of carbonyl (C=O) groups is 1. The smallest absolute Gasteiger partial charge is 0.433 e. The van der Waals surface area contributed by atoms with Gasteiger partial charge in [-0.25, -0.2) is 18.3 Å². The number of fused-ring (bicyclic) bond motifs is 1. The number of aromatic nitrogens is 3. The van der Waals surface area contributed by atoms with Crippen LogP contribution in [0.4, 0.5) is 22.0 Å². The van der Waals surface area contributed by atoms with Crippen LogP contribution >= 0.6 is 0 Å². The normalized spacial score (nSPS) is 15.4. The van der Waals surface area contributed by atoms with E-state index in [4.69, 9.17) is 4.74 Å². The lowest BCUT2D eigenvalue weighted by molar-refractivity contribution is -0.143. The number of hydrogen-bond acceptors (Lipinski definition) is 5. The number of hydrogen-bond donors (Lipinski definition) is 0. The molecule has 1 aliphatic heterocycles. The summed E-state index contributed by atoms with van der Waals surface area (Å²) in [7, 11) is 1.48. The summed E-state index contributed by atoms with van der Waals surface area (Å²) in [4.78, 5) is 21.5. The number of ether oxygens (including phenoxy) is 1. The average molecular weight is 560 g/mol. The molecule has 40 heavy (non-hydrogen) atoms. The standard InChI is InChI=1S/C28H26F5N5O2/c1-16-24(18-4-6-22(40-3)7-5-18)35-26-23(15-34-38(26)25(16)28(31,32)33)27(39)37-10-8-36(9-11-37)17(2)19-12-20(29)14-21(30)13-19/h4-7,12-15,17H,8-11H2,1-3H3. The lowest BCUT2D eigenvalue weighted by Gasteiger charge is -2.38. The number of nitrogens with zero attached hydrogens (tertiary/aromatic N) is 5. The van der Waals surface area contributed by atoms with Crippen LogP contribution in [0.5, 0.6) is 5.75 Å². The fourth-order valence-electron chi connectivity index (χ4n) is 5.10. The summed E-state index contributed by atoms with van der Waals surface area (Å²) in [5.74, 6) is -1.29. The van der Waals surface area contributed by atoms with E-state index in [-0.39, 0.29) is 41.6 Å². The van der Waals surface area contributed by atoms with Crippen LogP contribution in [0.2, 0.25) is 0 Å². The van der Waals surface area contributed by atoms with E-state index in [2.05, 4.69) is 10.1 Å². The molecule has 0 saturated carbocycles. The third-order valence-electron chi connectivity index (χ3n) is 7.26. The van der Waals surface area contributed by atoms with Crippen molar-refractivity contribution >= 4 is 11.6 Å². The molecule has 210 valence electrons. The number of rotatable bonds is 5. The van der Waals surface area contributed by atoms with Gasteiger partial charge in [0.15, 0.2) is 11.3 Å². The van der Waals surface area contributed by atoms with Crippen molar-refractivity contribution in [2.75, 3.05) is 33.3 Å². The number of methoxy groups -OCH3 is 1. The van der Waals surface area contributed by atoms with Gasteiger partial charge in [0.2, 0.25) is 0 Å². The molecular weight excluding hydrogens is 533 g/mol. The third-order valence-corrected chi connectivity index (χ3v) is 7.26. The topological polar surface area (TPSA) is 63.0 Å². The summed E-state index contributed by atoms with van der Waals surface area (Å²) in [5.41, 5.74) is -0.383. The first-order valence-electron chi connectivity index (χ1n) is 12.6. The fourth-order valence-corrected chi connectivity index (χ4v) is 5.10. The molecule has 3 heterocycles. The molecular formula is C28H26F5N5O2. The van der Waals surface area contributed by atoms with Gasteiger partial charge in [0.05, 0.1) is 19.0 Å². The highest BCUT2D eigenvalue weighted by Crippen LogP contribution is 2.37. The van der Waals surface area contributed by atoms with Crippen LogP contribution in [-0.2, 0) is 6.18 Å². The first-order valence-corrected chi connectivity index (χ1v) is 12.6. The van der Waals surface area contributed by atoms with Gasteiger partial charge >= 0.3 is 6.18 Å². The monoisotopic (exact) mass is 559 g/mol. The van der Waals surface area contributed by atoms with E-state index in [9.17, 15) is 26.7 Å². The van der Waals surface area contributed by atoms with Crippen molar-refractivity contribution in [1.82, 2.24) is 24.4 Å². The maximum atomic E-state index is 14.2. The molecule has 1 fully saturated rings. The van der Waals surface area contributed by atoms with E-state index in [0.717, 1.165) is 12.3 Å². The van der Waals surface area contributed by atoms with Crippen molar-refractivity contribution in [3.8, 4) is 17.0 Å². The van der Waals surface area contributed by atoms with Crippen molar-refractivity contribution in [3.63, 3.8) is 0 Å². The molecule has 2 aromatic heterocycles. The number of alkyl halides is 3. The molecule has 0 spiro atoms. The Labute approximate surface area is 226 Å². The minimum absolute atomic E-state index is 0.0473. The lowest BCUT2D eigenvalue weighted by atomic mass is 10.0. The van der Waals surface area contributed by atoms with Gasteiger partial charge in [0.25, 0.3) is 5.91 Å². The molecule has 5 rings (SSSR count). The quantitative estimate of drug-likeness (QED) is 0.301. The zero-order valence-corrected chi connectivity index (χ0v) is 22.0. The highest BCUT2D eigenvalue weighted by atomic mass is 19.4. The number of carbonyl (C=O) groups excluding carboxylic acids is 1. The van der Waals surface area contributed by atoms with Crippen LogP contribution in [0.25, 0.3) is 16.9 Å². The van der Waals surface area contributed by atoms with Crippen molar-refractivity contribution in [3.05, 3.63) is 82.7 Å². The van der Waals surface area contributed by atoms with E-state index >= 15 is 0 Å². The maximum absolute atomic E-state index is 14.2. The van der Waals surface area contributed by atoms with Gasteiger partial charge in [0.1, 0.15) is 22.9 Å². The molecule has 2 aromatic carbocycles. The molecule has 1 aliphatic rings. The van der Waals surface area contributed by atoms with Crippen molar-refractivity contribution in [1.29, 1.82) is 0 Å². The summed E-state index contributed by atoms with van der Waals surface area (Å²) < 4.78 is 75.9. The van der Waals surface area contributed by atoms with E-state index in [0.29, 0.717) is 34.5 Å². The first kappa shape index (κ1) is 27.5. The number of piperazine rings is 1. The Morgan fingerprint density at radius 1 is 1.00 bits per heavy atom. The molecule has 7 nitrogen and oxygen atoms in total. The summed E-state index contributed by atoms with van der Waals surface area (Å²) in [6, 6.07) is 9.51. The second-order valence-electron chi connectivity index (χ2n) is 9.66. The average Bonchev–Trinajstić information content (AvgIpc) is 3.33. The largest absolute Gasteiger partial charge is 0.497 e. The van der Waals surface area contributed by atoms with Crippen LogP contribution in [0, 0.1) is 18.6 Å². The molecule has 12 heteroatoms. The highest BCUT2D eigenvalue weighted by molar-refractivity contribution is 6.00. The first-order chi connectivity index (χ1) is 19.0. The van der Waals surface area contributed by atoms with Gasteiger partial charge in [0, 0.05) is 49.4 Å². The Morgan fingerprint density at radius 2 is 1.62 bits per heavy atom. The molecule has 1 atom stereocenters. The Kier molecular flexibility index (Phi) is 7.21. The van der Waals surface area contributed by atoms with Crippen molar-refractivity contribution in [2.24, 2.45) is 0 Å². The molecule has 0 aliphatic carbocycles. The molecule has 1 saturated heterocycles. The van der Waals surface area contributed by atoms with Crippen LogP contribution in [-0.4, -0.2) is 63.6 Å². The van der Waals surface area contributed by atoms with Crippen molar-refractivity contribution in [2.45, 2.75) is 26.1 Å². The van der Waals surface area contributed by atoms with E-state index in [1.165, 1.54) is 31.1 Å². The van der Waals surface area contributed by atoms with Gasteiger partial charge in [-0.3, -0.25) is 9.69 Å². The zero-order chi connectivity index (χ0) is 28.8. The minimum Gasteiger partial charge on any atom is -0.497 e. The Morgan fingerprint density at radius 3 is 2.20 bits per heavy atom. The predicted octanol–water partition coefficient (Wildman–Crippen LogP) is 5.53. The summed E-state index contributed by atoms with van der Waals surface area (Å²) in [5, 5.41) is 3.91. The van der Waals surface area contributed by atoms with E-state index in [1.807, 2.05) is 11.8 Å². The highest BCUT2D eigenvalue weighted by Gasteiger charge is 2.39. The zero-order valence-electron chi connectivity index (χ0n) is 22.0. The lowest BCUT2D eigenvalue weighted by Crippen LogP contribution is -2.49. The summed E-state index contributed by atoms with van der Waals surface area (Å²) in [6.07, 6.45) is -3.64. The van der Waals surface area contributed by atoms with E-state index in [1.54, 1.807) is 24.3 Å². The third kappa shape index (κ3) is 5.10. The summed E-state index contributed by atoms with van der Waals surface area (Å²) in [6.45, 7) is 4.48. The maximum Gasteiger partial charge on any atom is 0.433 e. The van der Waals surface area contributed by atoms with Gasteiger partial charge < -0.3 is 9.64 Å².